The lowest BCUT2D eigenvalue weighted by Gasteiger charge is -2.40. The van der Waals surface area contributed by atoms with Crippen molar-refractivity contribution in [2.75, 3.05) is 39.8 Å². The highest BCUT2D eigenvalue weighted by Gasteiger charge is 2.32. The van der Waals surface area contributed by atoms with Crippen LogP contribution >= 0.6 is 0 Å². The Morgan fingerprint density at radius 1 is 1.41 bits per heavy atom. The van der Waals surface area contributed by atoms with Crippen LogP contribution in [-0.2, 0) is 4.74 Å². The quantitative estimate of drug-likeness (QED) is 0.794. The van der Waals surface area contributed by atoms with Gasteiger partial charge < -0.3 is 15.0 Å². The molecule has 100 valence electrons. The van der Waals surface area contributed by atoms with Gasteiger partial charge in [-0.15, -0.1) is 0 Å². The van der Waals surface area contributed by atoms with Crippen LogP contribution in [0.5, 0.6) is 0 Å². The molecular formula is C14H28N2O. The van der Waals surface area contributed by atoms with Crippen LogP contribution in [0.1, 0.15) is 39.0 Å². The molecule has 2 unspecified atom stereocenters. The van der Waals surface area contributed by atoms with Gasteiger partial charge in [-0.05, 0) is 51.1 Å². The molecule has 0 bridgehead atoms. The second-order valence-corrected chi connectivity index (χ2v) is 5.97. The van der Waals surface area contributed by atoms with Gasteiger partial charge in [0.05, 0.1) is 6.10 Å². The molecule has 0 spiro atoms. The molecule has 2 rings (SSSR count). The normalized spacial score (nSPS) is 34.4. The van der Waals surface area contributed by atoms with Crippen molar-refractivity contribution in [2.24, 2.45) is 5.41 Å². The van der Waals surface area contributed by atoms with Crippen LogP contribution in [0.4, 0.5) is 0 Å². The second kappa shape index (κ2) is 6.17. The lowest BCUT2D eigenvalue weighted by molar-refractivity contribution is 0.0567. The molecule has 2 aliphatic heterocycles. The molecule has 2 heterocycles. The zero-order valence-electron chi connectivity index (χ0n) is 11.5. The third kappa shape index (κ3) is 3.67. The highest BCUT2D eigenvalue weighted by atomic mass is 16.5. The SMILES string of the molecule is CCC1(CN(C)CC2CCCO2)CCCNC1. The van der Waals surface area contributed by atoms with E-state index in [9.17, 15) is 0 Å². The number of hydrogen-bond donors (Lipinski definition) is 1. The van der Waals surface area contributed by atoms with Crippen molar-refractivity contribution in [1.29, 1.82) is 0 Å². The maximum absolute atomic E-state index is 5.72. The van der Waals surface area contributed by atoms with Gasteiger partial charge in [0.2, 0.25) is 0 Å². The van der Waals surface area contributed by atoms with Crippen molar-refractivity contribution in [3.63, 3.8) is 0 Å². The molecule has 17 heavy (non-hydrogen) atoms. The van der Waals surface area contributed by atoms with Crippen molar-refractivity contribution >= 4 is 0 Å². The Balaban J connectivity index is 1.80. The molecule has 2 atom stereocenters. The van der Waals surface area contributed by atoms with Crippen molar-refractivity contribution < 1.29 is 4.74 Å². The van der Waals surface area contributed by atoms with Crippen LogP contribution in [0.2, 0.25) is 0 Å². The molecule has 3 heteroatoms. The first-order valence-electron chi connectivity index (χ1n) is 7.25. The van der Waals surface area contributed by atoms with E-state index in [1.807, 2.05) is 0 Å². The molecule has 0 aromatic carbocycles. The van der Waals surface area contributed by atoms with E-state index in [1.54, 1.807) is 0 Å². The first-order valence-corrected chi connectivity index (χ1v) is 7.25. The van der Waals surface area contributed by atoms with Gasteiger partial charge in [-0.2, -0.15) is 0 Å². The summed E-state index contributed by atoms with van der Waals surface area (Å²) in [5, 5.41) is 3.57. The van der Waals surface area contributed by atoms with Crippen LogP contribution in [0.3, 0.4) is 0 Å². The molecule has 0 saturated carbocycles. The lowest BCUT2D eigenvalue weighted by atomic mass is 9.78. The summed E-state index contributed by atoms with van der Waals surface area (Å²) in [5.74, 6) is 0. The molecule has 2 fully saturated rings. The first kappa shape index (κ1) is 13.3. The monoisotopic (exact) mass is 240 g/mol. The summed E-state index contributed by atoms with van der Waals surface area (Å²) < 4.78 is 5.72. The molecular weight excluding hydrogens is 212 g/mol. The summed E-state index contributed by atoms with van der Waals surface area (Å²) in [4.78, 5) is 2.49. The average Bonchev–Trinajstić information content (AvgIpc) is 2.83. The van der Waals surface area contributed by atoms with Gasteiger partial charge in [-0.3, -0.25) is 0 Å². The third-order valence-electron chi connectivity index (χ3n) is 4.46. The smallest absolute Gasteiger partial charge is 0.0702 e. The fraction of sp³-hybridized carbons (Fsp3) is 1.00. The van der Waals surface area contributed by atoms with E-state index in [0.717, 1.165) is 13.2 Å². The van der Waals surface area contributed by atoms with Gasteiger partial charge in [-0.25, -0.2) is 0 Å². The molecule has 3 nitrogen and oxygen atoms in total. The number of nitrogens with zero attached hydrogens (tertiary/aromatic N) is 1. The fourth-order valence-electron chi connectivity index (χ4n) is 3.35. The molecule has 1 N–H and O–H groups in total. The number of piperidine rings is 1. The predicted octanol–water partition coefficient (Wildman–Crippen LogP) is 1.88. The van der Waals surface area contributed by atoms with Gasteiger partial charge in [0.25, 0.3) is 0 Å². The minimum atomic E-state index is 0.491. The molecule has 0 aromatic heterocycles. The summed E-state index contributed by atoms with van der Waals surface area (Å²) in [6.45, 7) is 8.04. The summed E-state index contributed by atoms with van der Waals surface area (Å²) >= 11 is 0. The molecule has 2 saturated heterocycles. The van der Waals surface area contributed by atoms with Gasteiger partial charge in [0.15, 0.2) is 0 Å². The average molecular weight is 240 g/mol. The Morgan fingerprint density at radius 2 is 2.29 bits per heavy atom. The Morgan fingerprint density at radius 3 is 2.88 bits per heavy atom. The van der Waals surface area contributed by atoms with Crippen LogP contribution < -0.4 is 5.32 Å². The summed E-state index contributed by atoms with van der Waals surface area (Å²) in [7, 11) is 2.26. The molecule has 0 radical (unpaired) electrons. The van der Waals surface area contributed by atoms with Crippen LogP contribution in [-0.4, -0.2) is 50.8 Å². The summed E-state index contributed by atoms with van der Waals surface area (Å²) in [6.07, 6.45) is 7.00. The maximum Gasteiger partial charge on any atom is 0.0702 e. The van der Waals surface area contributed by atoms with E-state index < -0.39 is 0 Å². The minimum Gasteiger partial charge on any atom is -0.377 e. The molecule has 0 aliphatic carbocycles. The highest BCUT2D eigenvalue weighted by Crippen LogP contribution is 2.31. The zero-order valence-corrected chi connectivity index (χ0v) is 11.5. The van der Waals surface area contributed by atoms with E-state index >= 15 is 0 Å². The van der Waals surface area contributed by atoms with Gasteiger partial charge >= 0.3 is 0 Å². The Labute approximate surface area is 106 Å². The van der Waals surface area contributed by atoms with Gasteiger partial charge in [-0.1, -0.05) is 6.92 Å². The van der Waals surface area contributed by atoms with E-state index in [-0.39, 0.29) is 0 Å². The number of hydrogen-bond acceptors (Lipinski definition) is 3. The Kier molecular flexibility index (Phi) is 4.83. The van der Waals surface area contributed by atoms with Crippen molar-refractivity contribution in [3.05, 3.63) is 0 Å². The molecule has 0 amide bonds. The standard InChI is InChI=1S/C14H28N2O/c1-3-14(7-5-8-15-11-14)12-16(2)10-13-6-4-9-17-13/h13,15H,3-12H2,1-2H3. The number of rotatable bonds is 5. The Bertz CT molecular complexity index is 220. The fourth-order valence-corrected chi connectivity index (χ4v) is 3.35. The van der Waals surface area contributed by atoms with Crippen molar-refractivity contribution in [2.45, 2.75) is 45.1 Å². The van der Waals surface area contributed by atoms with Gasteiger partial charge in [0.1, 0.15) is 0 Å². The minimum absolute atomic E-state index is 0.491. The topological polar surface area (TPSA) is 24.5 Å². The highest BCUT2D eigenvalue weighted by molar-refractivity contribution is 4.87. The van der Waals surface area contributed by atoms with E-state index in [2.05, 4.69) is 24.2 Å². The molecule has 0 aromatic rings. The number of likely N-dealkylation sites (N-methyl/N-ethyl adjacent to an activating group) is 1. The zero-order chi connectivity index (χ0) is 12.1. The molecule has 2 aliphatic rings. The number of ether oxygens (including phenoxy) is 1. The first-order chi connectivity index (χ1) is 8.24. The van der Waals surface area contributed by atoms with Crippen molar-refractivity contribution in [1.82, 2.24) is 10.2 Å². The largest absolute Gasteiger partial charge is 0.377 e. The predicted molar refractivity (Wildman–Crippen MR) is 71.3 cm³/mol. The van der Waals surface area contributed by atoms with Crippen LogP contribution in [0.25, 0.3) is 0 Å². The van der Waals surface area contributed by atoms with E-state index in [0.29, 0.717) is 11.5 Å². The summed E-state index contributed by atoms with van der Waals surface area (Å²) in [5.41, 5.74) is 0.506. The Hall–Kier alpha value is -0.120. The number of nitrogens with one attached hydrogen (secondary N) is 1. The third-order valence-corrected chi connectivity index (χ3v) is 4.46. The summed E-state index contributed by atoms with van der Waals surface area (Å²) in [6, 6.07) is 0. The second-order valence-electron chi connectivity index (χ2n) is 5.97. The maximum atomic E-state index is 5.72. The van der Waals surface area contributed by atoms with Crippen LogP contribution in [0, 0.1) is 5.41 Å². The van der Waals surface area contributed by atoms with E-state index in [4.69, 9.17) is 4.74 Å². The lowest BCUT2D eigenvalue weighted by Crippen LogP contribution is -2.47. The van der Waals surface area contributed by atoms with E-state index in [1.165, 1.54) is 51.7 Å². The van der Waals surface area contributed by atoms with Crippen LogP contribution in [0.15, 0.2) is 0 Å². The van der Waals surface area contributed by atoms with Crippen molar-refractivity contribution in [3.8, 4) is 0 Å². The van der Waals surface area contributed by atoms with Gasteiger partial charge in [0, 0.05) is 26.2 Å².